The number of H-pyrrole nitrogens is 1. The average molecular weight is 515 g/mol. The SMILES string of the molecule is COc1ccc(C(c2ccccc2)(c2ccccc2)C(O)[C@@H]2O[C@@H](n3cc(C)c(=O)[nH]c3=O)C[C@@H]2O)cc1. The van der Waals surface area contributed by atoms with Crippen LogP contribution in [0, 0.1) is 6.92 Å². The maximum Gasteiger partial charge on any atom is 0.330 e. The summed E-state index contributed by atoms with van der Waals surface area (Å²) in [6.07, 6.45) is -2.79. The zero-order chi connectivity index (χ0) is 26.9. The second-order valence-corrected chi connectivity index (χ2v) is 9.55. The van der Waals surface area contributed by atoms with Crippen molar-refractivity contribution in [2.75, 3.05) is 7.11 Å². The molecular weight excluding hydrogens is 484 g/mol. The number of hydrogen-bond acceptors (Lipinski definition) is 6. The van der Waals surface area contributed by atoms with Gasteiger partial charge in [0.1, 0.15) is 24.2 Å². The lowest BCUT2D eigenvalue weighted by Crippen LogP contribution is -2.51. The van der Waals surface area contributed by atoms with Gasteiger partial charge in [0.2, 0.25) is 0 Å². The first-order chi connectivity index (χ1) is 18.4. The van der Waals surface area contributed by atoms with Gasteiger partial charge in [-0.3, -0.25) is 14.3 Å². The van der Waals surface area contributed by atoms with Crippen LogP contribution < -0.4 is 16.0 Å². The Morgan fingerprint density at radius 3 is 2.05 bits per heavy atom. The normalized spacial score (nSPS) is 20.3. The first-order valence-corrected chi connectivity index (χ1v) is 12.5. The van der Waals surface area contributed by atoms with Crippen LogP contribution in [0.25, 0.3) is 0 Å². The summed E-state index contributed by atoms with van der Waals surface area (Å²) in [5.41, 5.74) is 0.475. The highest BCUT2D eigenvalue weighted by Gasteiger charge is 2.52. The van der Waals surface area contributed by atoms with E-state index < -0.39 is 41.2 Å². The van der Waals surface area contributed by atoms with E-state index in [9.17, 15) is 19.8 Å². The largest absolute Gasteiger partial charge is 0.497 e. The maximum atomic E-state index is 12.6. The van der Waals surface area contributed by atoms with Crippen molar-refractivity contribution in [1.29, 1.82) is 0 Å². The molecule has 1 fully saturated rings. The molecule has 4 aromatic rings. The highest BCUT2D eigenvalue weighted by Crippen LogP contribution is 2.46. The molecule has 8 heteroatoms. The molecule has 1 aromatic heterocycles. The van der Waals surface area contributed by atoms with Crippen molar-refractivity contribution in [3.05, 3.63) is 134 Å². The van der Waals surface area contributed by atoms with Crippen molar-refractivity contribution in [2.45, 2.75) is 43.3 Å². The number of aryl methyl sites for hydroxylation is 1. The quantitative estimate of drug-likeness (QED) is 0.327. The molecule has 0 spiro atoms. The number of aromatic amines is 1. The summed E-state index contributed by atoms with van der Waals surface area (Å²) < 4.78 is 12.9. The molecule has 4 atom stereocenters. The number of nitrogens with zero attached hydrogens (tertiary/aromatic N) is 1. The standard InChI is InChI=1S/C30H30N2O6/c1-19-18-32(29(36)31-28(19)35)25-17-24(33)26(38-25)27(34)30(20-9-5-3-6-10-20,21-11-7-4-8-12-21)22-13-15-23(37-2)16-14-22/h3-16,18,24-27,33-34H,17H2,1-2H3,(H,31,35,36)/t24-,25+,26+,27?/m0/s1. The van der Waals surface area contributed by atoms with Gasteiger partial charge in [0.05, 0.1) is 18.6 Å². The topological polar surface area (TPSA) is 114 Å². The Labute approximate surface area is 219 Å². The Bertz CT molecular complexity index is 1460. The lowest BCUT2D eigenvalue weighted by molar-refractivity contribution is -0.0976. The van der Waals surface area contributed by atoms with E-state index in [1.807, 2.05) is 84.9 Å². The van der Waals surface area contributed by atoms with Crippen LogP contribution in [0.4, 0.5) is 0 Å². The van der Waals surface area contributed by atoms with Gasteiger partial charge in [0, 0.05) is 18.2 Å². The zero-order valence-corrected chi connectivity index (χ0v) is 21.2. The van der Waals surface area contributed by atoms with Crippen molar-refractivity contribution < 1.29 is 19.7 Å². The van der Waals surface area contributed by atoms with Crippen molar-refractivity contribution in [3.8, 4) is 5.75 Å². The molecule has 2 heterocycles. The second kappa shape index (κ2) is 10.4. The Kier molecular flexibility index (Phi) is 7.03. The van der Waals surface area contributed by atoms with Crippen molar-refractivity contribution in [3.63, 3.8) is 0 Å². The van der Waals surface area contributed by atoms with Gasteiger partial charge < -0.3 is 19.7 Å². The number of aromatic nitrogens is 2. The maximum absolute atomic E-state index is 12.6. The van der Waals surface area contributed by atoms with Gasteiger partial charge >= 0.3 is 5.69 Å². The second-order valence-electron chi connectivity index (χ2n) is 9.55. The van der Waals surface area contributed by atoms with E-state index in [2.05, 4.69) is 4.98 Å². The Morgan fingerprint density at radius 1 is 0.947 bits per heavy atom. The van der Waals surface area contributed by atoms with E-state index in [1.165, 1.54) is 10.8 Å². The van der Waals surface area contributed by atoms with Crippen molar-refractivity contribution in [2.24, 2.45) is 0 Å². The molecule has 1 aliphatic heterocycles. The van der Waals surface area contributed by atoms with E-state index in [4.69, 9.17) is 9.47 Å². The van der Waals surface area contributed by atoms with Gasteiger partial charge in [-0.25, -0.2) is 4.79 Å². The number of nitrogens with one attached hydrogen (secondary N) is 1. The highest BCUT2D eigenvalue weighted by atomic mass is 16.5. The molecule has 3 aromatic carbocycles. The minimum atomic E-state index is -1.26. The molecule has 0 amide bonds. The number of aliphatic hydroxyl groups is 2. The fourth-order valence-corrected chi connectivity index (χ4v) is 5.45. The van der Waals surface area contributed by atoms with Crippen LogP contribution >= 0.6 is 0 Å². The molecule has 1 saturated heterocycles. The number of hydrogen-bond donors (Lipinski definition) is 3. The fraction of sp³-hybridized carbons (Fsp3) is 0.267. The van der Waals surface area contributed by atoms with E-state index in [1.54, 1.807) is 14.0 Å². The van der Waals surface area contributed by atoms with Crippen LogP contribution in [0.5, 0.6) is 5.75 Å². The molecule has 1 unspecified atom stereocenters. The Morgan fingerprint density at radius 2 is 1.50 bits per heavy atom. The molecule has 3 N–H and O–H groups in total. The van der Waals surface area contributed by atoms with Crippen molar-refractivity contribution >= 4 is 0 Å². The number of methoxy groups -OCH3 is 1. The number of ether oxygens (including phenoxy) is 2. The molecular formula is C30H30N2O6. The average Bonchev–Trinajstić information content (AvgIpc) is 3.33. The van der Waals surface area contributed by atoms with Gasteiger partial charge in [-0.1, -0.05) is 72.8 Å². The van der Waals surface area contributed by atoms with E-state index in [-0.39, 0.29) is 6.42 Å². The van der Waals surface area contributed by atoms with Gasteiger partial charge in [0.25, 0.3) is 5.56 Å². The van der Waals surface area contributed by atoms with Crippen molar-refractivity contribution in [1.82, 2.24) is 9.55 Å². The highest BCUT2D eigenvalue weighted by molar-refractivity contribution is 5.53. The minimum absolute atomic E-state index is 0.0649. The Hall–Kier alpha value is -3.98. The van der Waals surface area contributed by atoms with Crippen LogP contribution in [-0.2, 0) is 10.2 Å². The van der Waals surface area contributed by atoms with Crippen LogP contribution in [0.1, 0.15) is 34.9 Å². The van der Waals surface area contributed by atoms with E-state index in [0.717, 1.165) is 16.7 Å². The third-order valence-corrected chi connectivity index (χ3v) is 7.35. The number of benzene rings is 3. The molecule has 0 radical (unpaired) electrons. The first-order valence-electron chi connectivity index (χ1n) is 12.5. The van der Waals surface area contributed by atoms with E-state index in [0.29, 0.717) is 11.3 Å². The summed E-state index contributed by atoms with van der Waals surface area (Å²) in [5.74, 6) is 0.670. The summed E-state index contributed by atoms with van der Waals surface area (Å²) in [6.45, 7) is 1.59. The fourth-order valence-electron chi connectivity index (χ4n) is 5.45. The molecule has 38 heavy (non-hydrogen) atoms. The minimum Gasteiger partial charge on any atom is -0.497 e. The van der Waals surface area contributed by atoms with Crippen LogP contribution in [0.2, 0.25) is 0 Å². The molecule has 0 saturated carbocycles. The van der Waals surface area contributed by atoms with Crippen LogP contribution in [0.3, 0.4) is 0 Å². The van der Waals surface area contributed by atoms with Gasteiger partial charge in [-0.05, 0) is 35.7 Å². The van der Waals surface area contributed by atoms with Gasteiger partial charge in [-0.15, -0.1) is 0 Å². The van der Waals surface area contributed by atoms with Crippen LogP contribution in [-0.4, -0.2) is 45.2 Å². The third-order valence-electron chi connectivity index (χ3n) is 7.35. The van der Waals surface area contributed by atoms with Crippen LogP contribution in [0.15, 0.2) is 101 Å². The molecule has 0 bridgehead atoms. The molecule has 5 rings (SSSR count). The predicted octanol–water partition coefficient (Wildman–Crippen LogP) is 2.90. The van der Waals surface area contributed by atoms with Gasteiger partial charge in [0.15, 0.2) is 0 Å². The summed E-state index contributed by atoms with van der Waals surface area (Å²) >= 11 is 0. The monoisotopic (exact) mass is 514 g/mol. The lowest BCUT2D eigenvalue weighted by Gasteiger charge is -2.42. The smallest absolute Gasteiger partial charge is 0.330 e. The lowest BCUT2D eigenvalue weighted by atomic mass is 9.64. The summed E-state index contributed by atoms with van der Waals surface area (Å²) in [7, 11) is 1.59. The number of rotatable bonds is 7. The Balaban J connectivity index is 1.67. The summed E-state index contributed by atoms with van der Waals surface area (Å²) in [5, 5.41) is 23.5. The molecule has 8 nitrogen and oxygen atoms in total. The molecule has 1 aliphatic rings. The summed E-state index contributed by atoms with van der Waals surface area (Å²) in [4.78, 5) is 26.7. The molecule has 196 valence electrons. The van der Waals surface area contributed by atoms with E-state index >= 15 is 0 Å². The zero-order valence-electron chi connectivity index (χ0n) is 21.2. The molecule has 0 aliphatic carbocycles. The summed E-state index contributed by atoms with van der Waals surface area (Å²) in [6, 6.07) is 26.6. The number of aliphatic hydroxyl groups excluding tert-OH is 2. The predicted molar refractivity (Wildman–Crippen MR) is 142 cm³/mol. The third kappa shape index (κ3) is 4.36. The first kappa shape index (κ1) is 25.7. The van der Waals surface area contributed by atoms with Gasteiger partial charge in [-0.2, -0.15) is 0 Å².